The Morgan fingerprint density at radius 2 is 2.00 bits per heavy atom. The van der Waals surface area contributed by atoms with E-state index in [9.17, 15) is 5.11 Å². The zero-order chi connectivity index (χ0) is 12.3. The summed E-state index contributed by atoms with van der Waals surface area (Å²) in [6.45, 7) is 0. The van der Waals surface area contributed by atoms with Crippen molar-refractivity contribution in [1.29, 1.82) is 0 Å². The van der Waals surface area contributed by atoms with Gasteiger partial charge < -0.3 is 5.11 Å². The number of benzene rings is 1. The molecule has 0 amide bonds. The molecule has 0 heterocycles. The van der Waals surface area contributed by atoms with Gasteiger partial charge in [-0.3, -0.25) is 0 Å². The highest BCUT2D eigenvalue weighted by molar-refractivity contribution is 9.10. The van der Waals surface area contributed by atoms with Gasteiger partial charge in [0.25, 0.3) is 0 Å². The molecule has 2 rings (SSSR count). The first-order valence-corrected chi connectivity index (χ1v) is 7.47. The molecule has 0 saturated heterocycles. The number of aliphatic hydroxyl groups excluding tert-OH is 1. The van der Waals surface area contributed by atoms with Crippen LogP contribution in [-0.2, 0) is 0 Å². The second kappa shape index (κ2) is 6.21. The van der Waals surface area contributed by atoms with Gasteiger partial charge in [0.15, 0.2) is 0 Å². The SMILES string of the molecule is OC(CC1CCCCC1)c1ccc(Cl)cc1Br. The molecule has 3 heteroatoms. The van der Waals surface area contributed by atoms with Crippen molar-refractivity contribution in [1.82, 2.24) is 0 Å². The fraction of sp³-hybridized carbons (Fsp3) is 0.571. The first-order chi connectivity index (χ1) is 8.16. The predicted octanol–water partition coefficient (Wildman–Crippen LogP) is 5.11. The zero-order valence-corrected chi connectivity index (χ0v) is 12.2. The van der Waals surface area contributed by atoms with Crippen LogP contribution in [0.5, 0.6) is 0 Å². The molecule has 1 atom stereocenters. The Balaban J connectivity index is 2.00. The van der Waals surface area contributed by atoms with Crippen LogP contribution in [0.3, 0.4) is 0 Å². The molecular weight excluding hydrogens is 300 g/mol. The molecule has 17 heavy (non-hydrogen) atoms. The molecular formula is C14H18BrClO. The Morgan fingerprint density at radius 3 is 2.65 bits per heavy atom. The molecule has 1 fully saturated rings. The van der Waals surface area contributed by atoms with Gasteiger partial charge in [0.05, 0.1) is 6.10 Å². The molecule has 0 bridgehead atoms. The standard InChI is InChI=1S/C14H18BrClO/c15-13-9-11(16)6-7-12(13)14(17)8-10-4-2-1-3-5-10/h6-7,9-10,14,17H,1-5,8H2. The van der Waals surface area contributed by atoms with Gasteiger partial charge in [-0.15, -0.1) is 0 Å². The molecule has 1 saturated carbocycles. The van der Waals surface area contributed by atoms with E-state index in [-0.39, 0.29) is 6.10 Å². The number of hydrogen-bond acceptors (Lipinski definition) is 1. The summed E-state index contributed by atoms with van der Waals surface area (Å²) >= 11 is 9.37. The number of aliphatic hydroxyl groups is 1. The molecule has 1 nitrogen and oxygen atoms in total. The zero-order valence-electron chi connectivity index (χ0n) is 9.83. The van der Waals surface area contributed by atoms with Gasteiger partial charge in [-0.2, -0.15) is 0 Å². The smallest absolute Gasteiger partial charge is 0.0803 e. The first-order valence-electron chi connectivity index (χ1n) is 6.30. The fourth-order valence-corrected chi connectivity index (χ4v) is 3.58. The van der Waals surface area contributed by atoms with Crippen LogP contribution in [0.1, 0.15) is 50.2 Å². The fourth-order valence-electron chi connectivity index (χ4n) is 2.64. The quantitative estimate of drug-likeness (QED) is 0.821. The summed E-state index contributed by atoms with van der Waals surface area (Å²) in [6.07, 6.45) is 7.03. The summed E-state index contributed by atoms with van der Waals surface area (Å²) in [5.74, 6) is 0.682. The number of rotatable bonds is 3. The molecule has 1 aromatic rings. The third kappa shape index (κ3) is 3.70. The van der Waals surface area contributed by atoms with Crippen LogP contribution in [0, 0.1) is 5.92 Å². The van der Waals surface area contributed by atoms with E-state index >= 15 is 0 Å². The van der Waals surface area contributed by atoms with Crippen LogP contribution in [-0.4, -0.2) is 5.11 Å². The molecule has 0 aliphatic heterocycles. The summed E-state index contributed by atoms with van der Waals surface area (Å²) < 4.78 is 0.910. The lowest BCUT2D eigenvalue weighted by atomic mass is 9.84. The van der Waals surface area contributed by atoms with E-state index in [1.165, 1.54) is 32.1 Å². The lowest BCUT2D eigenvalue weighted by Gasteiger charge is -2.24. The predicted molar refractivity (Wildman–Crippen MR) is 75.3 cm³/mol. The van der Waals surface area contributed by atoms with Crippen molar-refractivity contribution in [2.75, 3.05) is 0 Å². The van der Waals surface area contributed by atoms with Gasteiger partial charge in [-0.25, -0.2) is 0 Å². The van der Waals surface area contributed by atoms with Crippen molar-refractivity contribution >= 4 is 27.5 Å². The molecule has 1 aliphatic rings. The molecule has 1 aliphatic carbocycles. The van der Waals surface area contributed by atoms with Crippen molar-refractivity contribution in [2.24, 2.45) is 5.92 Å². The van der Waals surface area contributed by atoms with Crippen molar-refractivity contribution in [3.05, 3.63) is 33.3 Å². The summed E-state index contributed by atoms with van der Waals surface area (Å²) in [4.78, 5) is 0. The Kier molecular flexibility index (Phi) is 4.89. The van der Waals surface area contributed by atoms with Crippen LogP contribution in [0.15, 0.2) is 22.7 Å². The average Bonchev–Trinajstić information content (AvgIpc) is 2.30. The van der Waals surface area contributed by atoms with Gasteiger partial charge in [0, 0.05) is 9.50 Å². The highest BCUT2D eigenvalue weighted by atomic mass is 79.9. The van der Waals surface area contributed by atoms with Crippen LogP contribution in [0.2, 0.25) is 5.02 Å². The van der Waals surface area contributed by atoms with Gasteiger partial charge >= 0.3 is 0 Å². The van der Waals surface area contributed by atoms with Crippen molar-refractivity contribution in [3.8, 4) is 0 Å². The summed E-state index contributed by atoms with van der Waals surface area (Å²) in [7, 11) is 0. The first kappa shape index (κ1) is 13.4. The van der Waals surface area contributed by atoms with Crippen LogP contribution in [0.25, 0.3) is 0 Å². The minimum atomic E-state index is -0.371. The second-order valence-electron chi connectivity index (χ2n) is 4.92. The van der Waals surface area contributed by atoms with Gasteiger partial charge in [0.1, 0.15) is 0 Å². The highest BCUT2D eigenvalue weighted by Crippen LogP contribution is 2.34. The maximum Gasteiger partial charge on any atom is 0.0803 e. The molecule has 1 N–H and O–H groups in total. The minimum absolute atomic E-state index is 0.371. The molecule has 0 radical (unpaired) electrons. The molecule has 94 valence electrons. The van der Waals surface area contributed by atoms with E-state index in [4.69, 9.17) is 11.6 Å². The normalized spacial score (nSPS) is 19.2. The van der Waals surface area contributed by atoms with Gasteiger partial charge in [-0.05, 0) is 30.0 Å². The maximum atomic E-state index is 10.3. The van der Waals surface area contributed by atoms with E-state index in [0.717, 1.165) is 16.5 Å². The van der Waals surface area contributed by atoms with Crippen molar-refractivity contribution < 1.29 is 5.11 Å². The third-order valence-electron chi connectivity index (χ3n) is 3.60. The van der Waals surface area contributed by atoms with Gasteiger partial charge in [0.2, 0.25) is 0 Å². The Hall–Kier alpha value is -0.0500. The lowest BCUT2D eigenvalue weighted by molar-refractivity contribution is 0.131. The maximum absolute atomic E-state index is 10.3. The van der Waals surface area contributed by atoms with E-state index in [1.54, 1.807) is 0 Å². The molecule has 0 spiro atoms. The summed E-state index contributed by atoms with van der Waals surface area (Å²) in [5, 5.41) is 11.0. The van der Waals surface area contributed by atoms with E-state index in [0.29, 0.717) is 10.9 Å². The largest absolute Gasteiger partial charge is 0.388 e. The van der Waals surface area contributed by atoms with Crippen LogP contribution < -0.4 is 0 Å². The van der Waals surface area contributed by atoms with Crippen molar-refractivity contribution in [2.45, 2.75) is 44.6 Å². The van der Waals surface area contributed by atoms with E-state index in [2.05, 4.69) is 15.9 Å². The lowest BCUT2D eigenvalue weighted by Crippen LogP contribution is -2.11. The molecule has 1 unspecified atom stereocenters. The van der Waals surface area contributed by atoms with E-state index < -0.39 is 0 Å². The average molecular weight is 318 g/mol. The Morgan fingerprint density at radius 1 is 1.29 bits per heavy atom. The second-order valence-corrected chi connectivity index (χ2v) is 6.21. The van der Waals surface area contributed by atoms with E-state index in [1.807, 2.05) is 18.2 Å². The Labute approximate surface area is 116 Å². The highest BCUT2D eigenvalue weighted by Gasteiger charge is 2.19. The number of hydrogen-bond donors (Lipinski definition) is 1. The van der Waals surface area contributed by atoms with Crippen molar-refractivity contribution in [3.63, 3.8) is 0 Å². The summed E-state index contributed by atoms with van der Waals surface area (Å²) in [6, 6.07) is 5.60. The Bertz CT molecular complexity index is 374. The van der Waals surface area contributed by atoms with Gasteiger partial charge in [-0.1, -0.05) is 65.7 Å². The molecule has 0 aromatic heterocycles. The monoisotopic (exact) mass is 316 g/mol. The summed E-state index contributed by atoms with van der Waals surface area (Å²) in [5.41, 5.74) is 0.958. The minimum Gasteiger partial charge on any atom is -0.388 e. The van der Waals surface area contributed by atoms with Crippen LogP contribution >= 0.6 is 27.5 Å². The molecule has 1 aromatic carbocycles. The van der Waals surface area contributed by atoms with Crippen LogP contribution in [0.4, 0.5) is 0 Å². The topological polar surface area (TPSA) is 20.2 Å². The third-order valence-corrected chi connectivity index (χ3v) is 4.52. The number of halogens is 2.